The maximum Gasteiger partial charge on any atom is 0.416 e. The molecule has 1 aromatic heterocycles. The van der Waals surface area contributed by atoms with E-state index in [9.17, 15) is 17.7 Å². The molecule has 26 heavy (non-hydrogen) atoms. The Morgan fingerprint density at radius 2 is 1.69 bits per heavy atom. The van der Waals surface area contributed by atoms with Crippen LogP contribution in [0.25, 0.3) is 0 Å². The third kappa shape index (κ3) is 4.54. The first-order valence-corrected chi connectivity index (χ1v) is 8.54. The monoisotopic (exact) mass is 382 g/mol. The molecular weight excluding hydrogens is 369 g/mol. The summed E-state index contributed by atoms with van der Waals surface area (Å²) >= 11 is -1.56. The Labute approximate surface area is 149 Å². The molecular formula is C16H13F3N4O2S. The van der Waals surface area contributed by atoms with Crippen molar-refractivity contribution in [3.8, 4) is 0 Å². The third-order valence-electron chi connectivity index (χ3n) is 3.44. The smallest absolute Gasteiger partial charge is 0.416 e. The Balaban J connectivity index is 1.64. The van der Waals surface area contributed by atoms with E-state index in [2.05, 4.69) is 15.5 Å². The molecule has 3 rings (SSSR count). The maximum atomic E-state index is 12.6. The lowest BCUT2D eigenvalue weighted by Gasteiger charge is -2.06. The maximum absolute atomic E-state index is 12.6. The topological polar surface area (TPSA) is 100 Å². The minimum Gasteiger partial charge on any atom is -0.593 e. The second-order valence-electron chi connectivity index (χ2n) is 5.32. The van der Waals surface area contributed by atoms with Crippen molar-refractivity contribution in [1.29, 1.82) is 0 Å². The van der Waals surface area contributed by atoms with E-state index >= 15 is 0 Å². The van der Waals surface area contributed by atoms with Crippen molar-refractivity contribution in [2.75, 3.05) is 5.32 Å². The van der Waals surface area contributed by atoms with Crippen LogP contribution >= 0.6 is 0 Å². The van der Waals surface area contributed by atoms with Gasteiger partial charge in [-0.25, -0.2) is 0 Å². The molecule has 2 aromatic carbocycles. The highest BCUT2D eigenvalue weighted by atomic mass is 32.2. The summed E-state index contributed by atoms with van der Waals surface area (Å²) in [5, 5.41) is 15.8. The van der Waals surface area contributed by atoms with E-state index in [1.165, 1.54) is 12.1 Å². The summed E-state index contributed by atoms with van der Waals surface area (Å²) in [6.45, 7) is 0. The first-order chi connectivity index (χ1) is 12.3. The van der Waals surface area contributed by atoms with E-state index in [1.54, 1.807) is 24.3 Å². The molecule has 3 N–H and O–H groups in total. The second-order valence-corrected chi connectivity index (χ2v) is 6.39. The first-order valence-electron chi connectivity index (χ1n) is 7.33. The molecule has 0 aliphatic carbocycles. The summed E-state index contributed by atoms with van der Waals surface area (Å²) in [4.78, 5) is 0.476. The SMILES string of the molecule is N[S+]([O-])c1ccc(Nc2nnc(Cc3ccc(C(F)(F)F)cc3)o2)cc1. The van der Waals surface area contributed by atoms with Crippen LogP contribution in [0.15, 0.2) is 57.8 Å². The van der Waals surface area contributed by atoms with E-state index in [0.29, 0.717) is 16.1 Å². The summed E-state index contributed by atoms with van der Waals surface area (Å²) in [5.41, 5.74) is 0.530. The van der Waals surface area contributed by atoms with Crippen molar-refractivity contribution in [3.05, 3.63) is 65.5 Å². The number of halogens is 3. The van der Waals surface area contributed by atoms with Gasteiger partial charge in [-0.15, -0.1) is 10.2 Å². The number of alkyl halides is 3. The molecule has 1 heterocycles. The number of nitrogens with two attached hydrogens (primary N) is 1. The average Bonchev–Trinajstić information content (AvgIpc) is 3.02. The van der Waals surface area contributed by atoms with Gasteiger partial charge >= 0.3 is 12.2 Å². The van der Waals surface area contributed by atoms with Gasteiger partial charge in [0.05, 0.1) is 23.3 Å². The van der Waals surface area contributed by atoms with Gasteiger partial charge in [0.2, 0.25) is 5.89 Å². The summed E-state index contributed by atoms with van der Waals surface area (Å²) in [6.07, 6.45) is -4.16. The first kappa shape index (κ1) is 18.2. The van der Waals surface area contributed by atoms with E-state index < -0.39 is 23.1 Å². The molecule has 3 aromatic rings. The lowest BCUT2D eigenvalue weighted by molar-refractivity contribution is -0.137. The summed E-state index contributed by atoms with van der Waals surface area (Å²) < 4.78 is 54.2. The number of benzene rings is 2. The molecule has 0 radical (unpaired) electrons. The molecule has 1 unspecified atom stereocenters. The largest absolute Gasteiger partial charge is 0.593 e. The fourth-order valence-electron chi connectivity index (χ4n) is 2.16. The quantitative estimate of drug-likeness (QED) is 0.656. The molecule has 0 saturated heterocycles. The average molecular weight is 382 g/mol. The Morgan fingerprint density at radius 1 is 1.04 bits per heavy atom. The van der Waals surface area contributed by atoms with Crippen molar-refractivity contribution in [3.63, 3.8) is 0 Å². The van der Waals surface area contributed by atoms with Crippen LogP contribution in [-0.4, -0.2) is 14.8 Å². The van der Waals surface area contributed by atoms with Crippen LogP contribution in [0.3, 0.4) is 0 Å². The van der Waals surface area contributed by atoms with Crippen LogP contribution in [0.1, 0.15) is 17.0 Å². The Morgan fingerprint density at radius 3 is 2.27 bits per heavy atom. The number of anilines is 2. The third-order valence-corrected chi connectivity index (χ3v) is 4.18. The van der Waals surface area contributed by atoms with Crippen molar-refractivity contribution in [2.45, 2.75) is 17.5 Å². The molecule has 10 heteroatoms. The highest BCUT2D eigenvalue weighted by Crippen LogP contribution is 2.29. The number of hydrogen-bond acceptors (Lipinski definition) is 6. The predicted octanol–water partition coefficient (Wildman–Crippen LogP) is 3.40. The van der Waals surface area contributed by atoms with Gasteiger partial charge in [0, 0.05) is 5.69 Å². The standard InChI is InChI=1S/C16H13F3N4O2S/c17-16(18,19)11-3-1-10(2-4-11)9-14-22-23-15(25-14)21-12-5-7-13(8-6-12)26(20)24/h1-8H,9,20H2,(H,21,23). The number of nitrogens with one attached hydrogen (secondary N) is 1. The molecule has 0 aliphatic rings. The molecule has 0 fully saturated rings. The van der Waals surface area contributed by atoms with Crippen LogP contribution in [0.2, 0.25) is 0 Å². The van der Waals surface area contributed by atoms with Crippen LogP contribution in [-0.2, 0) is 24.0 Å². The van der Waals surface area contributed by atoms with E-state index in [4.69, 9.17) is 9.56 Å². The molecule has 0 aliphatic heterocycles. The highest BCUT2D eigenvalue weighted by molar-refractivity contribution is 7.89. The minimum atomic E-state index is -4.37. The normalized spacial score (nSPS) is 12.8. The van der Waals surface area contributed by atoms with Crippen LogP contribution in [0.4, 0.5) is 24.9 Å². The fraction of sp³-hybridized carbons (Fsp3) is 0.125. The molecule has 1 atom stereocenters. The Bertz CT molecular complexity index is 864. The van der Waals surface area contributed by atoms with Crippen molar-refractivity contribution >= 4 is 23.1 Å². The lowest BCUT2D eigenvalue weighted by atomic mass is 10.1. The van der Waals surface area contributed by atoms with Crippen LogP contribution in [0.5, 0.6) is 0 Å². The van der Waals surface area contributed by atoms with E-state index in [-0.39, 0.29) is 18.3 Å². The van der Waals surface area contributed by atoms with E-state index in [0.717, 1.165) is 12.1 Å². The Hall–Kier alpha value is -2.56. The van der Waals surface area contributed by atoms with Gasteiger partial charge in [0.1, 0.15) is 0 Å². The molecule has 136 valence electrons. The van der Waals surface area contributed by atoms with Gasteiger partial charge in [-0.1, -0.05) is 17.2 Å². The Kier molecular flexibility index (Phi) is 5.16. The number of nitrogens with zero attached hydrogens (tertiary/aromatic N) is 2. The van der Waals surface area contributed by atoms with Crippen LogP contribution < -0.4 is 10.5 Å². The molecule has 0 saturated carbocycles. The van der Waals surface area contributed by atoms with Gasteiger partial charge in [-0.2, -0.15) is 13.2 Å². The molecule has 0 bridgehead atoms. The number of rotatable bonds is 5. The van der Waals surface area contributed by atoms with Gasteiger partial charge < -0.3 is 14.3 Å². The van der Waals surface area contributed by atoms with Crippen molar-refractivity contribution in [2.24, 2.45) is 5.14 Å². The van der Waals surface area contributed by atoms with Crippen molar-refractivity contribution in [1.82, 2.24) is 10.2 Å². The van der Waals surface area contributed by atoms with E-state index in [1.807, 2.05) is 0 Å². The lowest BCUT2D eigenvalue weighted by Crippen LogP contribution is -2.11. The molecule has 6 nitrogen and oxygen atoms in total. The fourth-order valence-corrected chi connectivity index (χ4v) is 2.56. The number of aromatic nitrogens is 2. The number of hydrogen-bond donors (Lipinski definition) is 2. The van der Waals surface area contributed by atoms with Gasteiger partial charge in [0.15, 0.2) is 4.90 Å². The van der Waals surface area contributed by atoms with Gasteiger partial charge in [-0.3, -0.25) is 0 Å². The summed E-state index contributed by atoms with van der Waals surface area (Å²) in [7, 11) is 0. The predicted molar refractivity (Wildman–Crippen MR) is 88.9 cm³/mol. The minimum absolute atomic E-state index is 0.133. The zero-order valence-electron chi connectivity index (χ0n) is 13.2. The van der Waals surface area contributed by atoms with Gasteiger partial charge in [-0.05, 0) is 42.0 Å². The molecule has 0 amide bonds. The molecule has 0 spiro atoms. The van der Waals surface area contributed by atoms with Crippen LogP contribution in [0, 0.1) is 0 Å². The summed E-state index contributed by atoms with van der Waals surface area (Å²) in [6, 6.07) is 11.4. The highest BCUT2D eigenvalue weighted by Gasteiger charge is 2.29. The van der Waals surface area contributed by atoms with Gasteiger partial charge in [0.25, 0.3) is 0 Å². The zero-order chi connectivity index (χ0) is 18.7. The zero-order valence-corrected chi connectivity index (χ0v) is 14.0. The summed E-state index contributed by atoms with van der Waals surface area (Å²) in [5.74, 6) is 0.256. The second kappa shape index (κ2) is 7.36. The van der Waals surface area contributed by atoms with Crippen molar-refractivity contribution < 1.29 is 22.1 Å².